The molecule has 0 aromatic heterocycles. The maximum absolute atomic E-state index is 12.2. The number of nitrogens with zero attached hydrogens (tertiary/aromatic N) is 2. The van der Waals surface area contributed by atoms with Gasteiger partial charge in [0.2, 0.25) is 0 Å². The van der Waals surface area contributed by atoms with Crippen LogP contribution >= 0.6 is 0 Å². The summed E-state index contributed by atoms with van der Waals surface area (Å²) < 4.78 is 5.66. The smallest absolute Gasteiger partial charge is 0.331 e. The average molecular weight is 282 g/mol. The van der Waals surface area contributed by atoms with Gasteiger partial charge >= 0.3 is 5.97 Å². The van der Waals surface area contributed by atoms with Crippen LogP contribution in [0.2, 0.25) is 0 Å². The lowest BCUT2D eigenvalue weighted by Gasteiger charge is -2.51. The largest absolute Gasteiger partial charge is 0.461 e. The quantitative estimate of drug-likeness (QED) is 0.791. The molecule has 0 bridgehead atoms. The number of hydrogen-bond acceptors (Lipinski definition) is 5. The van der Waals surface area contributed by atoms with Crippen molar-refractivity contribution < 1.29 is 14.7 Å². The number of aliphatic imine (C=N–C) groups is 1. The fourth-order valence-electron chi connectivity index (χ4n) is 3.36. The second-order valence-corrected chi connectivity index (χ2v) is 7.18. The Morgan fingerprint density at radius 3 is 2.40 bits per heavy atom. The molecule has 1 unspecified atom stereocenters. The maximum Gasteiger partial charge on any atom is 0.331 e. The topological polar surface area (TPSA) is 62.1 Å². The summed E-state index contributed by atoms with van der Waals surface area (Å²) in [4.78, 5) is 16.4. The lowest BCUT2D eigenvalue weighted by Crippen LogP contribution is -2.60. The van der Waals surface area contributed by atoms with Crippen LogP contribution in [-0.2, 0) is 9.53 Å². The van der Waals surface area contributed by atoms with Crippen LogP contribution in [0.15, 0.2) is 4.99 Å². The van der Waals surface area contributed by atoms with E-state index in [0.29, 0.717) is 12.8 Å². The Bertz CT molecular complexity index is 386. The standard InChI is InChI=1S/C15H26N2O3/c1-14(2)9-11(10-15(3,4)17(14)19)20-13(18)12-7-5-6-8-16-12/h8,11-12,19H,5-7,9-10H2,1-4H3. The Morgan fingerprint density at radius 2 is 1.90 bits per heavy atom. The number of hydroxylamine groups is 2. The third-order valence-corrected chi connectivity index (χ3v) is 4.25. The summed E-state index contributed by atoms with van der Waals surface area (Å²) >= 11 is 0. The first-order valence-corrected chi connectivity index (χ1v) is 7.44. The second-order valence-electron chi connectivity index (χ2n) is 7.18. The molecule has 1 saturated heterocycles. The molecule has 0 saturated carbocycles. The molecular formula is C15H26N2O3. The van der Waals surface area contributed by atoms with Gasteiger partial charge in [-0.2, -0.15) is 5.06 Å². The van der Waals surface area contributed by atoms with Crippen molar-refractivity contribution in [1.82, 2.24) is 5.06 Å². The van der Waals surface area contributed by atoms with E-state index in [1.807, 2.05) is 33.9 Å². The first kappa shape index (κ1) is 15.4. The first-order valence-electron chi connectivity index (χ1n) is 7.44. The van der Waals surface area contributed by atoms with Gasteiger partial charge in [-0.1, -0.05) is 0 Å². The summed E-state index contributed by atoms with van der Waals surface area (Å²) in [6, 6.07) is -0.331. The van der Waals surface area contributed by atoms with Gasteiger partial charge in [0.1, 0.15) is 12.1 Å². The third-order valence-electron chi connectivity index (χ3n) is 4.25. The highest BCUT2D eigenvalue weighted by Crippen LogP contribution is 2.38. The SMILES string of the molecule is CC1(C)CC(OC(=O)C2CCCC=N2)CC(C)(C)N1O. The van der Waals surface area contributed by atoms with E-state index in [4.69, 9.17) is 4.74 Å². The van der Waals surface area contributed by atoms with Crippen LogP contribution in [0.25, 0.3) is 0 Å². The molecule has 0 aromatic rings. The van der Waals surface area contributed by atoms with Gasteiger partial charge in [0.15, 0.2) is 0 Å². The van der Waals surface area contributed by atoms with Crippen molar-refractivity contribution >= 4 is 12.2 Å². The average Bonchev–Trinajstić information content (AvgIpc) is 2.36. The Hall–Kier alpha value is -0.940. The van der Waals surface area contributed by atoms with Crippen LogP contribution in [0.5, 0.6) is 0 Å². The lowest BCUT2D eigenvalue weighted by molar-refractivity contribution is -0.259. The van der Waals surface area contributed by atoms with Crippen LogP contribution in [0, 0.1) is 0 Å². The highest BCUT2D eigenvalue weighted by atomic mass is 16.5. The van der Waals surface area contributed by atoms with E-state index in [1.54, 1.807) is 0 Å². The molecular weight excluding hydrogens is 256 g/mol. The molecule has 2 aliphatic rings. The van der Waals surface area contributed by atoms with Crippen LogP contribution in [-0.4, -0.2) is 45.7 Å². The molecule has 1 fully saturated rings. The molecule has 2 heterocycles. The normalized spacial score (nSPS) is 30.1. The van der Waals surface area contributed by atoms with E-state index < -0.39 is 11.1 Å². The predicted molar refractivity (Wildman–Crippen MR) is 77.0 cm³/mol. The van der Waals surface area contributed by atoms with E-state index in [2.05, 4.69) is 4.99 Å². The minimum atomic E-state index is -0.400. The summed E-state index contributed by atoms with van der Waals surface area (Å²) in [5, 5.41) is 11.6. The van der Waals surface area contributed by atoms with Crippen molar-refractivity contribution in [2.75, 3.05) is 0 Å². The van der Waals surface area contributed by atoms with Gasteiger partial charge in [-0.15, -0.1) is 0 Å². The Morgan fingerprint density at radius 1 is 1.30 bits per heavy atom. The van der Waals surface area contributed by atoms with Gasteiger partial charge in [-0.3, -0.25) is 4.99 Å². The van der Waals surface area contributed by atoms with Gasteiger partial charge < -0.3 is 9.94 Å². The summed E-state index contributed by atoms with van der Waals surface area (Å²) in [6.45, 7) is 7.86. The molecule has 0 aromatic carbocycles. The molecule has 20 heavy (non-hydrogen) atoms. The van der Waals surface area contributed by atoms with Gasteiger partial charge in [-0.25, -0.2) is 4.79 Å². The molecule has 0 radical (unpaired) electrons. The van der Waals surface area contributed by atoms with E-state index in [0.717, 1.165) is 19.3 Å². The summed E-state index contributed by atoms with van der Waals surface area (Å²) in [5.74, 6) is -0.219. The zero-order valence-corrected chi connectivity index (χ0v) is 12.9. The third kappa shape index (κ3) is 3.20. The minimum Gasteiger partial charge on any atom is -0.461 e. The number of carbonyl (C=O) groups is 1. The van der Waals surface area contributed by atoms with Crippen LogP contribution in [0.1, 0.15) is 59.8 Å². The molecule has 5 heteroatoms. The summed E-state index contributed by atoms with van der Waals surface area (Å²) in [5.41, 5.74) is -0.801. The van der Waals surface area contributed by atoms with E-state index >= 15 is 0 Å². The Kier molecular flexibility index (Phi) is 4.21. The molecule has 114 valence electrons. The van der Waals surface area contributed by atoms with Gasteiger partial charge in [-0.05, 0) is 53.2 Å². The van der Waals surface area contributed by atoms with Crippen molar-refractivity contribution in [3.05, 3.63) is 0 Å². The number of hydrogen-bond donors (Lipinski definition) is 1. The zero-order chi connectivity index (χ0) is 15.0. The monoisotopic (exact) mass is 282 g/mol. The second kappa shape index (κ2) is 5.45. The number of carbonyl (C=O) groups excluding carboxylic acids is 1. The van der Waals surface area contributed by atoms with Crippen molar-refractivity contribution in [2.45, 2.75) is 83.0 Å². The summed E-state index contributed by atoms with van der Waals surface area (Å²) in [7, 11) is 0. The van der Waals surface area contributed by atoms with Crippen molar-refractivity contribution in [3.8, 4) is 0 Å². The summed E-state index contributed by atoms with van der Waals surface area (Å²) in [6.07, 6.45) is 5.65. The highest BCUT2D eigenvalue weighted by molar-refractivity contribution is 5.79. The van der Waals surface area contributed by atoms with Crippen molar-refractivity contribution in [1.29, 1.82) is 0 Å². The fourth-order valence-corrected chi connectivity index (χ4v) is 3.36. The highest BCUT2D eigenvalue weighted by Gasteiger charge is 2.46. The van der Waals surface area contributed by atoms with Crippen LogP contribution in [0.3, 0.4) is 0 Å². The molecule has 2 rings (SSSR count). The Balaban J connectivity index is 2.01. The molecule has 0 spiro atoms. The van der Waals surface area contributed by atoms with E-state index in [-0.39, 0.29) is 18.1 Å². The molecule has 0 amide bonds. The van der Waals surface area contributed by atoms with E-state index in [1.165, 1.54) is 5.06 Å². The minimum absolute atomic E-state index is 0.159. The number of piperidine rings is 1. The molecule has 0 aliphatic carbocycles. The molecule has 1 atom stereocenters. The zero-order valence-electron chi connectivity index (χ0n) is 12.9. The molecule has 2 aliphatic heterocycles. The van der Waals surface area contributed by atoms with E-state index in [9.17, 15) is 10.0 Å². The number of rotatable bonds is 2. The lowest BCUT2D eigenvalue weighted by atomic mass is 9.80. The van der Waals surface area contributed by atoms with Crippen molar-refractivity contribution in [3.63, 3.8) is 0 Å². The predicted octanol–water partition coefficient (Wildman–Crippen LogP) is 2.56. The van der Waals surface area contributed by atoms with Gasteiger partial charge in [0, 0.05) is 23.9 Å². The maximum atomic E-state index is 12.2. The molecule has 5 nitrogen and oxygen atoms in total. The fraction of sp³-hybridized carbons (Fsp3) is 0.867. The van der Waals surface area contributed by atoms with Crippen LogP contribution in [0.4, 0.5) is 0 Å². The number of esters is 1. The van der Waals surface area contributed by atoms with Crippen LogP contribution < -0.4 is 0 Å². The Labute approximate surface area is 121 Å². The molecule has 1 N–H and O–H groups in total. The van der Waals surface area contributed by atoms with Crippen molar-refractivity contribution in [2.24, 2.45) is 4.99 Å². The van der Waals surface area contributed by atoms with Gasteiger partial charge in [0.25, 0.3) is 0 Å². The number of ether oxygens (including phenoxy) is 1. The first-order chi connectivity index (χ1) is 9.22. The van der Waals surface area contributed by atoms with Gasteiger partial charge in [0.05, 0.1) is 0 Å².